The fourth-order valence-corrected chi connectivity index (χ4v) is 3.78. The fraction of sp³-hybridized carbons (Fsp3) is 0.407. The molecular formula is C27H34N4O6. The molecule has 3 rings (SSSR count). The maximum atomic E-state index is 12.8. The third-order valence-electron chi connectivity index (χ3n) is 5.40. The van der Waals surface area contributed by atoms with Crippen molar-refractivity contribution < 1.29 is 28.6 Å². The first-order valence-electron chi connectivity index (χ1n) is 12.1. The molecule has 1 aromatic carbocycles. The number of hydrogen-bond acceptors (Lipinski definition) is 8. The summed E-state index contributed by atoms with van der Waals surface area (Å²) in [5, 5.41) is 8.84. The quantitative estimate of drug-likeness (QED) is 0.291. The van der Waals surface area contributed by atoms with Gasteiger partial charge in [0.05, 0.1) is 25.5 Å². The number of aromatic nitrogens is 1. The number of ether oxygens (including phenoxy) is 3. The molecule has 2 bridgehead atoms. The molecule has 10 nitrogen and oxygen atoms in total. The standard InChI is InChI=1S/C27H34N4O6/c1-6-36-24(32)21-10-8-7-9-20(31-26(34)37-27(2,3)4)23-15-17(13-14-28-23)19-12-11-18(16-22(19)30-21)29-25(33)35-5/h7-8,11-16,20-21,30H,6,9-10H2,1-5H3,(H,29,33)(H,31,34)/t20-,21-/m0/s1. The minimum atomic E-state index is -0.679. The second kappa shape index (κ2) is 12.2. The number of fused-ring (bicyclic) bond motifs is 4. The largest absolute Gasteiger partial charge is 0.464 e. The summed E-state index contributed by atoms with van der Waals surface area (Å²) in [6.45, 7) is 7.40. The van der Waals surface area contributed by atoms with Gasteiger partial charge in [0.15, 0.2) is 0 Å². The Labute approximate surface area is 216 Å². The third kappa shape index (κ3) is 7.96. The number of esters is 1. The van der Waals surface area contributed by atoms with Crippen molar-refractivity contribution in [3.8, 4) is 11.1 Å². The predicted octanol–water partition coefficient (Wildman–Crippen LogP) is 5.19. The normalized spacial score (nSPS) is 17.1. The van der Waals surface area contributed by atoms with Crippen LogP contribution >= 0.6 is 0 Å². The Bertz CT molecular complexity index is 1160. The number of carbonyl (C=O) groups excluding carboxylic acids is 3. The van der Waals surface area contributed by atoms with Gasteiger partial charge in [-0.2, -0.15) is 0 Å². The molecule has 2 amide bonds. The van der Waals surface area contributed by atoms with Crippen molar-refractivity contribution >= 4 is 29.5 Å². The average Bonchev–Trinajstić information content (AvgIpc) is 2.83. The van der Waals surface area contributed by atoms with E-state index in [4.69, 9.17) is 14.2 Å². The lowest BCUT2D eigenvalue weighted by Crippen LogP contribution is -2.35. The monoisotopic (exact) mass is 510 g/mol. The zero-order chi connectivity index (χ0) is 27.0. The number of pyridine rings is 1. The second-order valence-electron chi connectivity index (χ2n) is 9.44. The SMILES string of the molecule is CCOC(=O)[C@@H]1CC=CC[C@H](NC(=O)OC(C)(C)C)c2cc(ccn2)-c2ccc(NC(=O)OC)cc2N1. The van der Waals surface area contributed by atoms with Gasteiger partial charge < -0.3 is 24.8 Å². The number of nitrogens with zero attached hydrogens (tertiary/aromatic N) is 1. The molecule has 198 valence electrons. The molecule has 1 aliphatic heterocycles. The number of methoxy groups -OCH3 is 1. The summed E-state index contributed by atoms with van der Waals surface area (Å²) in [4.78, 5) is 41.6. The molecule has 3 N–H and O–H groups in total. The van der Waals surface area contributed by atoms with Crippen molar-refractivity contribution in [3.05, 3.63) is 54.4 Å². The number of nitrogens with one attached hydrogen (secondary N) is 3. The smallest absolute Gasteiger partial charge is 0.411 e. The van der Waals surface area contributed by atoms with Gasteiger partial charge in [-0.25, -0.2) is 14.4 Å². The zero-order valence-corrected chi connectivity index (χ0v) is 21.8. The Balaban J connectivity index is 2.06. The van der Waals surface area contributed by atoms with Crippen LogP contribution in [0.1, 0.15) is 52.3 Å². The molecule has 0 fully saturated rings. The highest BCUT2D eigenvalue weighted by Crippen LogP contribution is 2.33. The van der Waals surface area contributed by atoms with Crippen LogP contribution < -0.4 is 16.0 Å². The van der Waals surface area contributed by atoms with E-state index < -0.39 is 35.8 Å². The maximum Gasteiger partial charge on any atom is 0.411 e. The third-order valence-corrected chi connectivity index (χ3v) is 5.40. The van der Waals surface area contributed by atoms with E-state index >= 15 is 0 Å². The van der Waals surface area contributed by atoms with Crippen LogP contribution in [-0.2, 0) is 19.0 Å². The van der Waals surface area contributed by atoms with E-state index in [-0.39, 0.29) is 6.61 Å². The summed E-state index contributed by atoms with van der Waals surface area (Å²) in [7, 11) is 1.28. The van der Waals surface area contributed by atoms with Crippen molar-refractivity contribution in [3.63, 3.8) is 0 Å². The van der Waals surface area contributed by atoms with Crippen molar-refractivity contribution in [2.75, 3.05) is 24.4 Å². The summed E-state index contributed by atoms with van der Waals surface area (Å²) in [6.07, 6.45) is 5.04. The molecule has 1 aromatic heterocycles. The minimum absolute atomic E-state index is 0.243. The van der Waals surface area contributed by atoms with Crippen molar-refractivity contribution in [2.24, 2.45) is 0 Å². The number of rotatable bonds is 4. The second-order valence-corrected chi connectivity index (χ2v) is 9.44. The van der Waals surface area contributed by atoms with Crippen molar-refractivity contribution in [2.45, 2.75) is 58.2 Å². The molecule has 0 saturated carbocycles. The van der Waals surface area contributed by atoms with Gasteiger partial charge in [-0.05, 0) is 70.4 Å². The average molecular weight is 511 g/mol. The molecule has 2 aromatic rings. The molecule has 0 radical (unpaired) electrons. The molecule has 0 saturated heterocycles. The highest BCUT2D eigenvalue weighted by Gasteiger charge is 2.24. The maximum absolute atomic E-state index is 12.8. The Kier molecular flexibility index (Phi) is 9.10. The topological polar surface area (TPSA) is 128 Å². The lowest BCUT2D eigenvalue weighted by Gasteiger charge is -2.24. The molecular weight excluding hydrogens is 476 g/mol. The first-order valence-corrected chi connectivity index (χ1v) is 12.1. The number of amides is 2. The summed E-state index contributed by atoms with van der Waals surface area (Å²) < 4.78 is 15.4. The van der Waals surface area contributed by atoms with Gasteiger partial charge in [0, 0.05) is 23.1 Å². The van der Waals surface area contributed by atoms with Crippen LogP contribution in [0.15, 0.2) is 48.7 Å². The van der Waals surface area contributed by atoms with Gasteiger partial charge in [0.2, 0.25) is 0 Å². The first-order chi connectivity index (χ1) is 17.6. The number of hydrogen-bond donors (Lipinski definition) is 3. The number of alkyl carbamates (subject to hydrolysis) is 1. The first kappa shape index (κ1) is 27.5. The van der Waals surface area contributed by atoms with Gasteiger partial charge in [-0.3, -0.25) is 10.3 Å². The molecule has 0 spiro atoms. The molecule has 0 unspecified atom stereocenters. The minimum Gasteiger partial charge on any atom is -0.464 e. The van der Waals surface area contributed by atoms with E-state index in [0.29, 0.717) is 29.9 Å². The Morgan fingerprint density at radius 1 is 1.08 bits per heavy atom. The zero-order valence-electron chi connectivity index (χ0n) is 21.8. The summed E-state index contributed by atoms with van der Waals surface area (Å²) in [5.74, 6) is -0.402. The molecule has 2 atom stereocenters. The lowest BCUT2D eigenvalue weighted by molar-refractivity contribution is -0.143. The Morgan fingerprint density at radius 2 is 1.84 bits per heavy atom. The van der Waals surface area contributed by atoms with E-state index in [0.717, 1.165) is 11.1 Å². The molecule has 10 heteroatoms. The van der Waals surface area contributed by atoms with Crippen LogP contribution in [0.25, 0.3) is 11.1 Å². The van der Waals surface area contributed by atoms with Crippen LogP contribution in [0, 0.1) is 0 Å². The number of carbonyl (C=O) groups is 3. The highest BCUT2D eigenvalue weighted by molar-refractivity contribution is 5.90. The number of anilines is 2. The summed E-state index contributed by atoms with van der Waals surface area (Å²) >= 11 is 0. The van der Waals surface area contributed by atoms with E-state index in [1.54, 1.807) is 46.0 Å². The Hall–Kier alpha value is -4.08. The van der Waals surface area contributed by atoms with Gasteiger partial charge in [-0.15, -0.1) is 0 Å². The van der Waals surface area contributed by atoms with Gasteiger partial charge >= 0.3 is 18.2 Å². The van der Waals surface area contributed by atoms with Crippen LogP contribution in [0.2, 0.25) is 0 Å². The lowest BCUT2D eigenvalue weighted by atomic mass is 9.99. The van der Waals surface area contributed by atoms with Crippen molar-refractivity contribution in [1.29, 1.82) is 0 Å². The molecule has 37 heavy (non-hydrogen) atoms. The van der Waals surface area contributed by atoms with E-state index in [1.807, 2.05) is 30.4 Å². The molecule has 0 aliphatic carbocycles. The Morgan fingerprint density at radius 3 is 2.54 bits per heavy atom. The highest BCUT2D eigenvalue weighted by atomic mass is 16.6. The molecule has 1 aliphatic rings. The van der Waals surface area contributed by atoms with Crippen LogP contribution in [0.4, 0.5) is 21.0 Å². The van der Waals surface area contributed by atoms with E-state index in [9.17, 15) is 14.4 Å². The van der Waals surface area contributed by atoms with Crippen LogP contribution in [0.5, 0.6) is 0 Å². The van der Waals surface area contributed by atoms with E-state index in [1.165, 1.54) is 7.11 Å². The van der Waals surface area contributed by atoms with Gasteiger partial charge in [0.25, 0.3) is 0 Å². The van der Waals surface area contributed by atoms with Gasteiger partial charge in [-0.1, -0.05) is 18.2 Å². The van der Waals surface area contributed by atoms with E-state index in [2.05, 4.69) is 20.9 Å². The van der Waals surface area contributed by atoms with Crippen LogP contribution in [0.3, 0.4) is 0 Å². The van der Waals surface area contributed by atoms with Crippen LogP contribution in [-0.4, -0.2) is 48.5 Å². The molecule has 2 heterocycles. The van der Waals surface area contributed by atoms with Gasteiger partial charge in [0.1, 0.15) is 11.6 Å². The summed E-state index contributed by atoms with van der Waals surface area (Å²) in [6, 6.07) is 7.87. The number of benzene rings is 1. The summed E-state index contributed by atoms with van der Waals surface area (Å²) in [5.41, 5.74) is 2.68. The fourth-order valence-electron chi connectivity index (χ4n) is 3.78. The predicted molar refractivity (Wildman–Crippen MR) is 140 cm³/mol. The van der Waals surface area contributed by atoms with Crippen molar-refractivity contribution in [1.82, 2.24) is 10.3 Å².